The summed E-state index contributed by atoms with van der Waals surface area (Å²) in [5.74, 6) is 3.58. The number of ether oxygens (including phenoxy) is 9. The van der Waals surface area contributed by atoms with Crippen molar-refractivity contribution in [2.45, 2.75) is 0 Å². The summed E-state index contributed by atoms with van der Waals surface area (Å²) >= 11 is 0. The third kappa shape index (κ3) is 5.58. The van der Waals surface area contributed by atoms with E-state index in [4.69, 9.17) is 42.6 Å². The first-order valence-corrected chi connectivity index (χ1v) is 19.1. The lowest BCUT2D eigenvalue weighted by Crippen LogP contribution is -2.14. The normalized spacial score (nSPS) is 11.6. The first-order valence-electron chi connectivity index (χ1n) is 19.1. The molecule has 0 fully saturated rings. The molecular weight excluding hydrogens is 781 g/mol. The van der Waals surface area contributed by atoms with E-state index in [9.17, 15) is 5.11 Å². The van der Waals surface area contributed by atoms with E-state index < -0.39 is 0 Å². The van der Waals surface area contributed by atoms with Gasteiger partial charge in [-0.05, 0) is 106 Å². The van der Waals surface area contributed by atoms with E-state index in [0.29, 0.717) is 139 Å². The Morgan fingerprint density at radius 2 is 0.557 bits per heavy atom. The highest BCUT2D eigenvalue weighted by atomic mass is 16.5. The van der Waals surface area contributed by atoms with E-state index in [1.807, 2.05) is 24.3 Å². The number of rotatable bonds is 12. The largest absolute Gasteiger partial charge is 0.507 e. The summed E-state index contributed by atoms with van der Waals surface area (Å²) in [6.45, 7) is 0. The van der Waals surface area contributed by atoms with E-state index in [1.54, 1.807) is 48.5 Å². The van der Waals surface area contributed by atoms with Crippen LogP contribution in [-0.4, -0.2) is 69.1 Å². The molecule has 0 saturated carbocycles. The van der Waals surface area contributed by atoms with E-state index in [-0.39, 0.29) is 16.6 Å². The van der Waals surface area contributed by atoms with Gasteiger partial charge in [0.2, 0.25) is 17.2 Å². The molecule has 2 aliphatic rings. The molecule has 2 aliphatic carbocycles. The molecule has 0 spiro atoms. The molecule has 0 bridgehead atoms. The second kappa shape index (κ2) is 14.6. The fraction of sp³-hybridized carbons (Fsp3) is 0.184. The van der Waals surface area contributed by atoms with Crippen LogP contribution >= 0.6 is 0 Å². The molecule has 12 heteroatoms. The molecule has 0 aliphatic heterocycles. The average Bonchev–Trinajstić information content (AvgIpc) is 3.30. The van der Waals surface area contributed by atoms with Gasteiger partial charge in [0, 0.05) is 54.2 Å². The van der Waals surface area contributed by atoms with Crippen LogP contribution in [0.15, 0.2) is 82.4 Å². The van der Waals surface area contributed by atoms with E-state index >= 15 is 9.59 Å². The van der Waals surface area contributed by atoms with Crippen LogP contribution in [0.3, 0.4) is 0 Å². The molecule has 1 N–H and O–H groups in total. The van der Waals surface area contributed by atoms with Crippen LogP contribution in [0.1, 0.15) is 0 Å². The first kappa shape index (κ1) is 38.9. The lowest BCUT2D eigenvalue weighted by Gasteiger charge is -2.24. The van der Waals surface area contributed by atoms with Crippen molar-refractivity contribution in [2.24, 2.45) is 0 Å². The molecule has 308 valence electrons. The van der Waals surface area contributed by atoms with Crippen molar-refractivity contribution < 1.29 is 47.7 Å². The topological polar surface area (TPSA) is 137 Å². The van der Waals surface area contributed by atoms with Crippen molar-refractivity contribution in [1.29, 1.82) is 0 Å². The Labute approximate surface area is 349 Å². The molecule has 61 heavy (non-hydrogen) atoms. The van der Waals surface area contributed by atoms with Gasteiger partial charge < -0.3 is 47.7 Å². The van der Waals surface area contributed by atoms with Crippen molar-refractivity contribution in [3.05, 3.63) is 93.2 Å². The van der Waals surface area contributed by atoms with Crippen molar-refractivity contribution in [3.63, 3.8) is 0 Å². The monoisotopic (exact) mass is 820 g/mol. The van der Waals surface area contributed by atoms with Crippen LogP contribution < -0.4 is 53.5 Å². The smallest absolute Gasteiger partial charge is 0.203 e. The SMILES string of the molecule is COc1cc(-c2cc3c4c(c2)c(=O)c2cc(-c5cc(OC)c(OC)c(OC)c5)cc5c(O)c6cc(-c7cc(OC)c(OC)c(OC)c7)cc(c3=O)c6c-4c52)cc(OC)c1OC. The number of methoxy groups -OCH3 is 9. The van der Waals surface area contributed by atoms with Crippen LogP contribution in [0.2, 0.25) is 0 Å². The predicted octanol–water partition coefficient (Wildman–Crippen LogP) is 9.22. The molecule has 0 saturated heterocycles. The van der Waals surface area contributed by atoms with Gasteiger partial charge in [0.25, 0.3) is 0 Å². The fourth-order valence-corrected chi connectivity index (χ4v) is 8.88. The number of benzene rings is 9. The Morgan fingerprint density at radius 1 is 0.311 bits per heavy atom. The predicted molar refractivity (Wildman–Crippen MR) is 236 cm³/mol. The van der Waals surface area contributed by atoms with Crippen molar-refractivity contribution >= 4 is 43.1 Å². The molecule has 0 radical (unpaired) electrons. The van der Waals surface area contributed by atoms with E-state index in [0.717, 1.165) is 0 Å². The third-order valence-electron chi connectivity index (χ3n) is 11.6. The summed E-state index contributed by atoms with van der Waals surface area (Å²) in [6, 6.07) is 21.6. The maximum Gasteiger partial charge on any atom is 0.203 e. The quantitative estimate of drug-likeness (QED) is 0.0929. The average molecular weight is 821 g/mol. The maximum absolute atomic E-state index is 15.1. The summed E-state index contributed by atoms with van der Waals surface area (Å²) in [5.41, 5.74) is 4.26. The molecular formula is C49H40O12. The number of phenolic OH excluding ortho intramolecular Hbond substituents is 1. The van der Waals surface area contributed by atoms with Crippen LogP contribution in [0.25, 0.3) is 87.6 Å². The van der Waals surface area contributed by atoms with Gasteiger partial charge in [-0.15, -0.1) is 0 Å². The van der Waals surface area contributed by atoms with Gasteiger partial charge in [0.05, 0.1) is 64.0 Å². The minimum atomic E-state index is -0.318. The lowest BCUT2D eigenvalue weighted by molar-refractivity contribution is 0.324. The van der Waals surface area contributed by atoms with Gasteiger partial charge in [0.1, 0.15) is 5.75 Å². The standard InChI is InChI=1S/C49H40O12/c1-53-34-16-25(17-35(54-2)47(34)59-7)22-10-28-40-29(11-22)45(51)31-13-24(27-20-38(57-5)49(61-9)39(21-27)58-6)15-33-42(31)43(40)41-30(44(28)50)12-23(14-32(41)46(33)52)26-18-36(55-3)48(60-8)37(19-26)56-4/h10-21,50H,1-9H3. The highest BCUT2D eigenvalue weighted by Crippen LogP contribution is 2.53. The first-order chi connectivity index (χ1) is 29.6. The molecule has 7 aromatic carbocycles. The zero-order valence-electron chi connectivity index (χ0n) is 34.9. The van der Waals surface area contributed by atoms with Crippen molar-refractivity contribution in [3.8, 4) is 102 Å². The number of hydrogen-bond donors (Lipinski definition) is 1. The second-order valence-corrected chi connectivity index (χ2v) is 14.5. The third-order valence-corrected chi connectivity index (χ3v) is 11.6. The minimum Gasteiger partial charge on any atom is -0.507 e. The molecule has 9 rings (SSSR count). The number of hydrogen-bond acceptors (Lipinski definition) is 12. The Balaban J connectivity index is 1.47. The molecule has 0 amide bonds. The van der Waals surface area contributed by atoms with Crippen molar-refractivity contribution in [2.75, 3.05) is 64.0 Å². The van der Waals surface area contributed by atoms with Gasteiger partial charge in [-0.25, -0.2) is 0 Å². The van der Waals surface area contributed by atoms with E-state index in [2.05, 4.69) is 0 Å². The molecule has 0 atom stereocenters. The Hall–Kier alpha value is -7.60. The lowest BCUT2D eigenvalue weighted by atomic mass is 9.78. The highest BCUT2D eigenvalue weighted by Gasteiger charge is 2.31. The summed E-state index contributed by atoms with van der Waals surface area (Å²) in [7, 11) is 13.7. The highest BCUT2D eigenvalue weighted by molar-refractivity contribution is 6.33. The molecule has 12 nitrogen and oxygen atoms in total. The Bertz CT molecular complexity index is 3030. The summed E-state index contributed by atoms with van der Waals surface area (Å²) in [4.78, 5) is 30.3. The van der Waals surface area contributed by atoms with Crippen LogP contribution in [0.4, 0.5) is 0 Å². The van der Waals surface area contributed by atoms with E-state index in [1.165, 1.54) is 64.0 Å². The second-order valence-electron chi connectivity index (χ2n) is 14.5. The zero-order valence-corrected chi connectivity index (χ0v) is 34.9. The summed E-state index contributed by atoms with van der Waals surface area (Å²) in [6.07, 6.45) is 0. The van der Waals surface area contributed by atoms with Crippen LogP contribution in [0.5, 0.6) is 57.5 Å². The molecule has 0 aromatic heterocycles. The minimum absolute atomic E-state index is 0.0959. The van der Waals surface area contributed by atoms with Gasteiger partial charge >= 0.3 is 0 Å². The van der Waals surface area contributed by atoms with Gasteiger partial charge in [0.15, 0.2) is 45.4 Å². The Kier molecular flexibility index (Phi) is 9.30. The van der Waals surface area contributed by atoms with Crippen LogP contribution in [0, 0.1) is 0 Å². The fourth-order valence-electron chi connectivity index (χ4n) is 8.88. The molecule has 7 aromatic rings. The van der Waals surface area contributed by atoms with Crippen LogP contribution in [-0.2, 0) is 0 Å². The molecule has 0 heterocycles. The summed E-state index contributed by atoms with van der Waals surface area (Å²) in [5, 5.41) is 15.8. The molecule has 0 unspecified atom stereocenters. The summed E-state index contributed by atoms with van der Waals surface area (Å²) < 4.78 is 50.9. The zero-order chi connectivity index (χ0) is 43.0. The Morgan fingerprint density at radius 3 is 0.820 bits per heavy atom. The van der Waals surface area contributed by atoms with Gasteiger partial charge in [-0.1, -0.05) is 0 Å². The van der Waals surface area contributed by atoms with Crippen molar-refractivity contribution in [1.82, 2.24) is 0 Å². The van der Waals surface area contributed by atoms with Gasteiger partial charge in [-0.3, -0.25) is 9.59 Å². The number of phenols is 1. The number of aromatic hydroxyl groups is 1. The maximum atomic E-state index is 15.1. The van der Waals surface area contributed by atoms with Gasteiger partial charge in [-0.2, -0.15) is 0 Å².